The molecular formula is C16H23N5O. The zero-order chi connectivity index (χ0) is 16.3. The average molecular weight is 301 g/mol. The highest BCUT2D eigenvalue weighted by Crippen LogP contribution is 2.19. The molecule has 0 aliphatic carbocycles. The van der Waals surface area contributed by atoms with E-state index in [4.69, 9.17) is 0 Å². The van der Waals surface area contributed by atoms with Gasteiger partial charge in [0.25, 0.3) is 5.91 Å². The zero-order valence-corrected chi connectivity index (χ0v) is 13.6. The largest absolute Gasteiger partial charge is 0.349 e. The van der Waals surface area contributed by atoms with Crippen molar-refractivity contribution in [3.63, 3.8) is 0 Å². The van der Waals surface area contributed by atoms with Gasteiger partial charge in [-0.3, -0.25) is 14.0 Å². The summed E-state index contributed by atoms with van der Waals surface area (Å²) in [5.41, 5.74) is 1.29. The number of nitrogens with zero attached hydrogens (tertiary/aromatic N) is 4. The smallest absolute Gasteiger partial charge is 0.257 e. The van der Waals surface area contributed by atoms with E-state index in [1.165, 1.54) is 0 Å². The second-order valence-corrected chi connectivity index (χ2v) is 5.36. The van der Waals surface area contributed by atoms with Gasteiger partial charge < -0.3 is 5.32 Å². The molecule has 118 valence electrons. The number of aryl methyl sites for hydroxylation is 3. The van der Waals surface area contributed by atoms with Gasteiger partial charge in [-0.2, -0.15) is 5.10 Å². The molecule has 0 saturated carbocycles. The van der Waals surface area contributed by atoms with Crippen LogP contribution < -0.4 is 5.32 Å². The predicted molar refractivity (Wildman–Crippen MR) is 86.2 cm³/mol. The van der Waals surface area contributed by atoms with Crippen LogP contribution in [0.4, 0.5) is 0 Å². The van der Waals surface area contributed by atoms with Crippen LogP contribution in [0, 0.1) is 13.8 Å². The zero-order valence-electron chi connectivity index (χ0n) is 13.6. The van der Waals surface area contributed by atoms with Crippen molar-refractivity contribution in [2.75, 3.05) is 0 Å². The van der Waals surface area contributed by atoms with Crippen LogP contribution in [0.3, 0.4) is 0 Å². The van der Waals surface area contributed by atoms with Crippen LogP contribution in [-0.2, 0) is 7.05 Å². The summed E-state index contributed by atoms with van der Waals surface area (Å²) in [6, 6.07) is 0.0846. The van der Waals surface area contributed by atoms with Gasteiger partial charge in [0, 0.05) is 25.5 Å². The van der Waals surface area contributed by atoms with Crippen molar-refractivity contribution in [2.24, 2.45) is 7.05 Å². The molecule has 2 rings (SSSR count). The summed E-state index contributed by atoms with van der Waals surface area (Å²) in [7, 11) is 1.83. The molecule has 6 nitrogen and oxygen atoms in total. The Morgan fingerprint density at radius 2 is 2.23 bits per heavy atom. The first kappa shape index (κ1) is 16.0. The summed E-state index contributed by atoms with van der Waals surface area (Å²) in [5, 5.41) is 7.46. The molecule has 22 heavy (non-hydrogen) atoms. The van der Waals surface area contributed by atoms with Gasteiger partial charge in [0.15, 0.2) is 0 Å². The minimum atomic E-state index is -0.109. The minimum absolute atomic E-state index is 0.0846. The number of amides is 1. The molecule has 0 aliphatic rings. The number of rotatable bonds is 6. The molecule has 2 heterocycles. The number of nitrogens with one attached hydrogen (secondary N) is 1. The number of aromatic nitrogens is 4. The maximum absolute atomic E-state index is 12.7. The van der Waals surface area contributed by atoms with E-state index >= 15 is 0 Å². The molecule has 0 bridgehead atoms. The van der Waals surface area contributed by atoms with Crippen molar-refractivity contribution < 1.29 is 4.79 Å². The second kappa shape index (κ2) is 6.60. The molecule has 6 heteroatoms. The van der Waals surface area contributed by atoms with Crippen LogP contribution in [-0.4, -0.2) is 31.3 Å². The number of imidazole rings is 1. The molecule has 2 aromatic heterocycles. The molecule has 1 amide bonds. The van der Waals surface area contributed by atoms with Gasteiger partial charge in [0.05, 0.1) is 5.69 Å². The molecule has 0 aromatic carbocycles. The maximum atomic E-state index is 12.7. The standard InChI is InChI=1S/C16H23N5O/c1-6-8-13(7-2)18-15(22)14-11(3)19-20(5)16(14)21-10-9-17-12(21)4/h6,9-10,13H,1,7-8H2,2-5H3,(H,18,22). The van der Waals surface area contributed by atoms with Gasteiger partial charge in [-0.05, 0) is 26.7 Å². The Hall–Kier alpha value is -2.37. The van der Waals surface area contributed by atoms with Gasteiger partial charge in [0.1, 0.15) is 17.2 Å². The second-order valence-electron chi connectivity index (χ2n) is 5.36. The van der Waals surface area contributed by atoms with Crippen LogP contribution in [0.5, 0.6) is 0 Å². The van der Waals surface area contributed by atoms with Crippen molar-refractivity contribution in [3.05, 3.63) is 42.1 Å². The van der Waals surface area contributed by atoms with Gasteiger partial charge >= 0.3 is 0 Å². The van der Waals surface area contributed by atoms with Gasteiger partial charge in [0.2, 0.25) is 0 Å². The lowest BCUT2D eigenvalue weighted by Gasteiger charge is -2.16. The van der Waals surface area contributed by atoms with E-state index < -0.39 is 0 Å². The summed E-state index contributed by atoms with van der Waals surface area (Å²) in [6.45, 7) is 9.53. The summed E-state index contributed by atoms with van der Waals surface area (Å²) >= 11 is 0. The van der Waals surface area contributed by atoms with Crippen LogP contribution in [0.15, 0.2) is 25.0 Å². The van der Waals surface area contributed by atoms with E-state index in [0.29, 0.717) is 11.3 Å². The third-order valence-electron chi connectivity index (χ3n) is 3.75. The highest BCUT2D eigenvalue weighted by Gasteiger charge is 2.23. The van der Waals surface area contributed by atoms with Crippen LogP contribution in [0.25, 0.3) is 5.82 Å². The monoisotopic (exact) mass is 301 g/mol. The van der Waals surface area contributed by atoms with Crippen molar-refractivity contribution in [1.82, 2.24) is 24.6 Å². The van der Waals surface area contributed by atoms with E-state index in [2.05, 4.69) is 22.0 Å². The normalized spacial score (nSPS) is 12.2. The highest BCUT2D eigenvalue weighted by molar-refractivity contribution is 5.98. The lowest BCUT2D eigenvalue weighted by atomic mass is 10.1. The molecule has 0 spiro atoms. The topological polar surface area (TPSA) is 64.7 Å². The summed E-state index contributed by atoms with van der Waals surface area (Å²) in [4.78, 5) is 16.9. The molecule has 0 fully saturated rings. The fourth-order valence-electron chi connectivity index (χ4n) is 2.58. The van der Waals surface area contributed by atoms with E-state index in [0.717, 1.165) is 24.5 Å². The van der Waals surface area contributed by atoms with Gasteiger partial charge in [-0.25, -0.2) is 4.98 Å². The first-order valence-electron chi connectivity index (χ1n) is 7.45. The molecule has 0 radical (unpaired) electrons. The van der Waals surface area contributed by atoms with Crippen molar-refractivity contribution in [1.29, 1.82) is 0 Å². The molecule has 1 N–H and O–H groups in total. The minimum Gasteiger partial charge on any atom is -0.349 e. The highest BCUT2D eigenvalue weighted by atomic mass is 16.1. The molecule has 1 unspecified atom stereocenters. The number of hydrogen-bond acceptors (Lipinski definition) is 3. The fraction of sp³-hybridized carbons (Fsp3) is 0.438. The molecule has 1 atom stereocenters. The van der Waals surface area contributed by atoms with Crippen molar-refractivity contribution >= 4 is 5.91 Å². The number of carbonyl (C=O) groups excluding carboxylic acids is 1. The lowest BCUT2D eigenvalue weighted by Crippen LogP contribution is -2.34. The molecule has 0 saturated heterocycles. The Bertz CT molecular complexity index is 683. The Balaban J connectivity index is 2.41. The van der Waals surface area contributed by atoms with Gasteiger partial charge in [-0.1, -0.05) is 13.0 Å². The Kier molecular flexibility index (Phi) is 4.80. The van der Waals surface area contributed by atoms with E-state index in [9.17, 15) is 4.79 Å². The van der Waals surface area contributed by atoms with Crippen molar-refractivity contribution in [2.45, 2.75) is 39.7 Å². The first-order valence-corrected chi connectivity index (χ1v) is 7.45. The SMILES string of the molecule is C=CCC(CC)NC(=O)c1c(C)nn(C)c1-n1ccnc1C. The maximum Gasteiger partial charge on any atom is 0.257 e. The fourth-order valence-corrected chi connectivity index (χ4v) is 2.58. The lowest BCUT2D eigenvalue weighted by molar-refractivity contribution is 0.0935. The predicted octanol–water partition coefficient (Wildman–Crippen LogP) is 2.31. The van der Waals surface area contributed by atoms with E-state index in [-0.39, 0.29) is 11.9 Å². The summed E-state index contributed by atoms with van der Waals surface area (Å²) in [6.07, 6.45) is 6.98. The Morgan fingerprint density at radius 3 is 2.77 bits per heavy atom. The Labute approximate surface area is 130 Å². The van der Waals surface area contributed by atoms with Crippen LogP contribution in [0.2, 0.25) is 0 Å². The van der Waals surface area contributed by atoms with Crippen LogP contribution >= 0.6 is 0 Å². The third-order valence-corrected chi connectivity index (χ3v) is 3.75. The quantitative estimate of drug-likeness (QED) is 0.833. The molecule has 2 aromatic rings. The molecule has 0 aliphatic heterocycles. The average Bonchev–Trinajstić information content (AvgIpc) is 3.00. The van der Waals surface area contributed by atoms with E-state index in [1.54, 1.807) is 10.9 Å². The third kappa shape index (κ3) is 2.95. The first-order chi connectivity index (χ1) is 10.5. The van der Waals surface area contributed by atoms with Crippen LogP contribution in [0.1, 0.15) is 41.6 Å². The number of carbonyl (C=O) groups is 1. The summed E-state index contributed by atoms with van der Waals surface area (Å²) < 4.78 is 3.59. The Morgan fingerprint density at radius 1 is 1.50 bits per heavy atom. The van der Waals surface area contributed by atoms with Gasteiger partial charge in [-0.15, -0.1) is 6.58 Å². The van der Waals surface area contributed by atoms with E-state index in [1.807, 2.05) is 44.7 Å². The number of hydrogen-bond donors (Lipinski definition) is 1. The van der Waals surface area contributed by atoms with Crippen molar-refractivity contribution in [3.8, 4) is 5.82 Å². The summed E-state index contributed by atoms with van der Waals surface area (Å²) in [5.74, 6) is 1.44. The molecular weight excluding hydrogens is 278 g/mol.